The van der Waals surface area contributed by atoms with Gasteiger partial charge in [0.15, 0.2) is 0 Å². The Labute approximate surface area is 98.0 Å². The Balaban J connectivity index is 2.25. The molecule has 0 aliphatic heterocycles. The fourth-order valence-electron chi connectivity index (χ4n) is 1.77. The highest BCUT2D eigenvalue weighted by Gasteiger charge is 2.06. The summed E-state index contributed by atoms with van der Waals surface area (Å²) < 4.78 is 7.05. The van der Waals surface area contributed by atoms with Crippen LogP contribution in [0.2, 0.25) is 0 Å². The van der Waals surface area contributed by atoms with Gasteiger partial charge in [0, 0.05) is 32.1 Å². The second kappa shape index (κ2) is 7.41. The summed E-state index contributed by atoms with van der Waals surface area (Å²) in [5.74, 6) is 0.624. The molecule has 0 spiro atoms. The Bertz CT molecular complexity index is 286. The van der Waals surface area contributed by atoms with Crippen molar-refractivity contribution in [3.8, 4) is 0 Å². The van der Waals surface area contributed by atoms with Crippen LogP contribution in [0.25, 0.3) is 0 Å². The maximum absolute atomic E-state index is 4.99. The number of nitrogens with zero attached hydrogens (tertiary/aromatic N) is 2. The van der Waals surface area contributed by atoms with Gasteiger partial charge in [-0.25, -0.2) is 0 Å². The van der Waals surface area contributed by atoms with Crippen LogP contribution in [0.4, 0.5) is 0 Å². The van der Waals surface area contributed by atoms with Crippen LogP contribution < -0.4 is 5.32 Å². The zero-order valence-corrected chi connectivity index (χ0v) is 10.6. The quantitative estimate of drug-likeness (QED) is 0.678. The molecule has 0 saturated carbocycles. The van der Waals surface area contributed by atoms with Crippen molar-refractivity contribution in [2.75, 3.05) is 26.8 Å². The Hall–Kier alpha value is -0.870. The van der Waals surface area contributed by atoms with Gasteiger partial charge in [0.2, 0.25) is 0 Å². The van der Waals surface area contributed by atoms with Crippen molar-refractivity contribution in [1.29, 1.82) is 0 Å². The summed E-state index contributed by atoms with van der Waals surface area (Å²) in [6.07, 6.45) is 2.96. The Morgan fingerprint density at radius 1 is 1.56 bits per heavy atom. The second-order valence-corrected chi connectivity index (χ2v) is 4.14. The van der Waals surface area contributed by atoms with Crippen molar-refractivity contribution in [3.63, 3.8) is 0 Å². The minimum absolute atomic E-state index is 0.624. The zero-order chi connectivity index (χ0) is 11.8. The lowest BCUT2D eigenvalue weighted by atomic mass is 10.1. The lowest BCUT2D eigenvalue weighted by molar-refractivity contribution is 0.198. The number of aromatic nitrogens is 2. The maximum atomic E-state index is 4.99. The number of ether oxygens (including phenoxy) is 1. The molecule has 0 radical (unpaired) electrons. The van der Waals surface area contributed by atoms with E-state index in [1.807, 2.05) is 6.20 Å². The highest BCUT2D eigenvalue weighted by Crippen LogP contribution is 2.07. The summed E-state index contributed by atoms with van der Waals surface area (Å²) in [4.78, 5) is 0. The van der Waals surface area contributed by atoms with E-state index in [4.69, 9.17) is 4.74 Å². The van der Waals surface area contributed by atoms with Gasteiger partial charge in [-0.05, 0) is 31.9 Å². The van der Waals surface area contributed by atoms with Crippen molar-refractivity contribution >= 4 is 0 Å². The van der Waals surface area contributed by atoms with Crippen LogP contribution in [-0.2, 0) is 17.7 Å². The lowest BCUT2D eigenvalue weighted by Crippen LogP contribution is -2.26. The zero-order valence-electron chi connectivity index (χ0n) is 10.6. The maximum Gasteiger partial charge on any atom is 0.0587 e. The highest BCUT2D eigenvalue weighted by atomic mass is 16.5. The molecule has 92 valence electrons. The molecule has 1 aromatic rings. The Morgan fingerprint density at radius 2 is 2.38 bits per heavy atom. The average Bonchev–Trinajstić information content (AvgIpc) is 2.71. The average molecular weight is 225 g/mol. The van der Waals surface area contributed by atoms with E-state index in [1.165, 1.54) is 5.69 Å². The van der Waals surface area contributed by atoms with Crippen LogP contribution in [-0.4, -0.2) is 36.6 Å². The van der Waals surface area contributed by atoms with E-state index >= 15 is 0 Å². The topological polar surface area (TPSA) is 39.1 Å². The molecule has 1 rings (SSSR count). The third-order valence-corrected chi connectivity index (χ3v) is 2.64. The van der Waals surface area contributed by atoms with E-state index in [9.17, 15) is 0 Å². The van der Waals surface area contributed by atoms with E-state index in [0.717, 1.165) is 32.7 Å². The van der Waals surface area contributed by atoms with Crippen LogP contribution in [0.15, 0.2) is 12.3 Å². The van der Waals surface area contributed by atoms with E-state index in [1.54, 1.807) is 7.11 Å². The molecule has 0 bridgehead atoms. The number of methoxy groups -OCH3 is 1. The highest BCUT2D eigenvalue weighted by molar-refractivity contribution is 5.01. The van der Waals surface area contributed by atoms with Gasteiger partial charge in [-0.3, -0.25) is 4.68 Å². The molecule has 1 N–H and O–H groups in total. The minimum Gasteiger partial charge on any atom is -0.383 e. The summed E-state index contributed by atoms with van der Waals surface area (Å²) >= 11 is 0. The first-order chi connectivity index (χ1) is 7.77. The van der Waals surface area contributed by atoms with E-state index in [0.29, 0.717) is 5.92 Å². The van der Waals surface area contributed by atoms with Crippen molar-refractivity contribution in [2.45, 2.75) is 26.8 Å². The molecule has 0 saturated heterocycles. The van der Waals surface area contributed by atoms with Gasteiger partial charge in [-0.2, -0.15) is 5.10 Å². The molecule has 0 amide bonds. The minimum atomic E-state index is 0.624. The van der Waals surface area contributed by atoms with E-state index in [2.05, 4.69) is 35.0 Å². The molecule has 1 heterocycles. The predicted molar refractivity (Wildman–Crippen MR) is 65.5 cm³/mol. The number of nitrogens with one attached hydrogen (secondary N) is 1. The molecular formula is C12H23N3O. The van der Waals surface area contributed by atoms with Gasteiger partial charge < -0.3 is 10.1 Å². The van der Waals surface area contributed by atoms with Gasteiger partial charge in [-0.15, -0.1) is 0 Å². The largest absolute Gasteiger partial charge is 0.383 e. The predicted octanol–water partition coefficient (Wildman–Crippen LogP) is 1.32. The first kappa shape index (κ1) is 13.2. The third-order valence-electron chi connectivity index (χ3n) is 2.64. The summed E-state index contributed by atoms with van der Waals surface area (Å²) in [6, 6.07) is 2.11. The van der Waals surface area contributed by atoms with Gasteiger partial charge in [0.25, 0.3) is 0 Å². The van der Waals surface area contributed by atoms with Crippen LogP contribution in [0.1, 0.15) is 19.5 Å². The summed E-state index contributed by atoms with van der Waals surface area (Å²) in [6.45, 7) is 8.06. The lowest BCUT2D eigenvalue weighted by Gasteiger charge is -2.13. The molecule has 4 nitrogen and oxygen atoms in total. The van der Waals surface area contributed by atoms with Gasteiger partial charge >= 0.3 is 0 Å². The first-order valence-corrected chi connectivity index (χ1v) is 5.98. The molecule has 0 aliphatic rings. The molecule has 0 fully saturated rings. The molecule has 1 aromatic heterocycles. The fraction of sp³-hybridized carbons (Fsp3) is 0.750. The van der Waals surface area contributed by atoms with Crippen LogP contribution in [0.5, 0.6) is 0 Å². The molecule has 16 heavy (non-hydrogen) atoms. The number of hydrogen-bond acceptors (Lipinski definition) is 3. The number of aryl methyl sites for hydroxylation is 1. The Kier molecular flexibility index (Phi) is 6.11. The SMILES string of the molecule is CCn1nccc1CC(C)CNCCOC. The summed E-state index contributed by atoms with van der Waals surface area (Å²) in [5, 5.41) is 7.66. The number of hydrogen-bond donors (Lipinski definition) is 1. The van der Waals surface area contributed by atoms with Gasteiger partial charge in [0.05, 0.1) is 6.61 Å². The van der Waals surface area contributed by atoms with E-state index < -0.39 is 0 Å². The summed E-state index contributed by atoms with van der Waals surface area (Å²) in [5.41, 5.74) is 1.32. The van der Waals surface area contributed by atoms with Gasteiger partial charge in [0.1, 0.15) is 0 Å². The van der Waals surface area contributed by atoms with Gasteiger partial charge in [-0.1, -0.05) is 6.92 Å². The molecule has 1 unspecified atom stereocenters. The standard InChI is InChI=1S/C12H23N3O/c1-4-15-12(5-6-14-15)9-11(2)10-13-7-8-16-3/h5-6,11,13H,4,7-10H2,1-3H3. The van der Waals surface area contributed by atoms with Crippen LogP contribution in [0, 0.1) is 5.92 Å². The smallest absolute Gasteiger partial charge is 0.0587 e. The first-order valence-electron chi connectivity index (χ1n) is 5.98. The second-order valence-electron chi connectivity index (χ2n) is 4.14. The molecule has 0 aliphatic carbocycles. The van der Waals surface area contributed by atoms with Crippen molar-refractivity contribution in [3.05, 3.63) is 18.0 Å². The normalized spacial score (nSPS) is 12.9. The van der Waals surface area contributed by atoms with Crippen LogP contribution in [0.3, 0.4) is 0 Å². The van der Waals surface area contributed by atoms with Crippen LogP contribution >= 0.6 is 0 Å². The van der Waals surface area contributed by atoms with Crippen molar-refractivity contribution in [1.82, 2.24) is 15.1 Å². The monoisotopic (exact) mass is 225 g/mol. The molecule has 0 aromatic carbocycles. The Morgan fingerprint density at radius 3 is 3.06 bits per heavy atom. The third kappa shape index (κ3) is 4.33. The molecular weight excluding hydrogens is 202 g/mol. The van der Waals surface area contributed by atoms with Crippen molar-refractivity contribution < 1.29 is 4.74 Å². The summed E-state index contributed by atoms with van der Waals surface area (Å²) in [7, 11) is 1.73. The van der Waals surface area contributed by atoms with Crippen molar-refractivity contribution in [2.24, 2.45) is 5.92 Å². The molecule has 4 heteroatoms. The molecule has 1 atom stereocenters. The number of rotatable bonds is 8. The fourth-order valence-corrected chi connectivity index (χ4v) is 1.77. The van der Waals surface area contributed by atoms with E-state index in [-0.39, 0.29) is 0 Å².